The third-order valence-corrected chi connectivity index (χ3v) is 3.29. The van der Waals surface area contributed by atoms with Gasteiger partial charge in [0.15, 0.2) is 0 Å². The number of pyridine rings is 1. The zero-order valence-electron chi connectivity index (χ0n) is 10.1. The molecule has 1 aromatic heterocycles. The van der Waals surface area contributed by atoms with Crippen LogP contribution in [0.25, 0.3) is 0 Å². The molecule has 2 rings (SSSR count). The third-order valence-electron chi connectivity index (χ3n) is 3.29. The van der Waals surface area contributed by atoms with E-state index in [0.29, 0.717) is 12.4 Å². The lowest BCUT2D eigenvalue weighted by atomic mass is 9.95. The summed E-state index contributed by atoms with van der Waals surface area (Å²) >= 11 is 0. The van der Waals surface area contributed by atoms with Crippen LogP contribution in [0.15, 0.2) is 23.6 Å². The lowest BCUT2D eigenvalue weighted by molar-refractivity contribution is 0.198. The topological polar surface area (TPSA) is 74.7 Å². The number of amidine groups is 1. The summed E-state index contributed by atoms with van der Waals surface area (Å²) < 4.78 is 13.0. The van der Waals surface area contributed by atoms with Crippen LogP contribution in [-0.4, -0.2) is 34.0 Å². The van der Waals surface area contributed by atoms with Crippen molar-refractivity contribution in [2.75, 3.05) is 13.1 Å². The molecule has 0 saturated carbocycles. The van der Waals surface area contributed by atoms with Crippen molar-refractivity contribution in [1.29, 1.82) is 0 Å². The molecule has 0 radical (unpaired) electrons. The molecule has 6 heteroatoms. The average molecular weight is 252 g/mol. The van der Waals surface area contributed by atoms with Crippen LogP contribution in [0.3, 0.4) is 0 Å². The van der Waals surface area contributed by atoms with Crippen LogP contribution in [0.5, 0.6) is 0 Å². The van der Waals surface area contributed by atoms with Crippen LogP contribution >= 0.6 is 0 Å². The van der Waals surface area contributed by atoms with E-state index in [4.69, 9.17) is 10.9 Å². The summed E-state index contributed by atoms with van der Waals surface area (Å²) in [6.45, 7) is 2.41. The Bertz CT molecular complexity index is 430. The van der Waals surface area contributed by atoms with Crippen molar-refractivity contribution in [1.82, 2.24) is 9.88 Å². The molecule has 0 bridgehead atoms. The second-order valence-corrected chi connectivity index (χ2v) is 4.59. The molecule has 18 heavy (non-hydrogen) atoms. The van der Waals surface area contributed by atoms with Gasteiger partial charge in [-0.2, -0.15) is 0 Å². The molecule has 0 amide bonds. The van der Waals surface area contributed by atoms with Gasteiger partial charge in [0.05, 0.1) is 6.20 Å². The first-order chi connectivity index (χ1) is 8.69. The largest absolute Gasteiger partial charge is 0.409 e. The van der Waals surface area contributed by atoms with Gasteiger partial charge < -0.3 is 10.9 Å². The number of oxime groups is 1. The van der Waals surface area contributed by atoms with E-state index in [1.54, 1.807) is 6.20 Å². The highest BCUT2D eigenvalue weighted by Gasteiger charge is 2.22. The molecule has 1 fully saturated rings. The molecule has 0 unspecified atom stereocenters. The summed E-state index contributed by atoms with van der Waals surface area (Å²) in [6, 6.07) is 1.50. The van der Waals surface area contributed by atoms with Crippen LogP contribution in [0, 0.1) is 11.7 Å². The zero-order valence-corrected chi connectivity index (χ0v) is 10.1. The van der Waals surface area contributed by atoms with E-state index >= 15 is 0 Å². The van der Waals surface area contributed by atoms with Gasteiger partial charge in [-0.25, -0.2) is 4.39 Å². The summed E-state index contributed by atoms with van der Waals surface area (Å²) in [5.41, 5.74) is 6.46. The van der Waals surface area contributed by atoms with Crippen LogP contribution in [0.1, 0.15) is 18.4 Å². The van der Waals surface area contributed by atoms with E-state index in [0.717, 1.165) is 31.5 Å². The average Bonchev–Trinajstić information content (AvgIpc) is 2.39. The van der Waals surface area contributed by atoms with Gasteiger partial charge in [-0.1, -0.05) is 5.16 Å². The van der Waals surface area contributed by atoms with E-state index in [1.165, 1.54) is 12.3 Å². The molecule has 0 aromatic carbocycles. The van der Waals surface area contributed by atoms with Gasteiger partial charge in [0.25, 0.3) is 0 Å². The maximum absolute atomic E-state index is 13.0. The van der Waals surface area contributed by atoms with Crippen molar-refractivity contribution in [3.8, 4) is 0 Å². The van der Waals surface area contributed by atoms with Gasteiger partial charge in [0, 0.05) is 18.7 Å². The Morgan fingerprint density at radius 2 is 2.22 bits per heavy atom. The lowest BCUT2D eigenvalue weighted by Crippen LogP contribution is -2.38. The van der Waals surface area contributed by atoms with Crippen molar-refractivity contribution in [2.45, 2.75) is 19.4 Å². The summed E-state index contributed by atoms with van der Waals surface area (Å²) in [7, 11) is 0. The monoisotopic (exact) mass is 252 g/mol. The molecule has 0 aliphatic carbocycles. The molecule has 1 saturated heterocycles. The Hall–Kier alpha value is -1.69. The van der Waals surface area contributed by atoms with Gasteiger partial charge in [0.2, 0.25) is 0 Å². The van der Waals surface area contributed by atoms with Crippen molar-refractivity contribution >= 4 is 5.84 Å². The molecule has 2 heterocycles. The van der Waals surface area contributed by atoms with Crippen molar-refractivity contribution < 1.29 is 9.60 Å². The first-order valence-corrected chi connectivity index (χ1v) is 5.98. The maximum atomic E-state index is 13.0. The van der Waals surface area contributed by atoms with E-state index in [-0.39, 0.29) is 11.7 Å². The van der Waals surface area contributed by atoms with Gasteiger partial charge in [-0.05, 0) is 37.6 Å². The number of halogens is 1. The molecule has 0 atom stereocenters. The van der Waals surface area contributed by atoms with Gasteiger partial charge >= 0.3 is 0 Å². The Kier molecular flexibility index (Phi) is 4.09. The summed E-state index contributed by atoms with van der Waals surface area (Å²) in [4.78, 5) is 6.05. The number of hydrogen-bond donors (Lipinski definition) is 2. The van der Waals surface area contributed by atoms with E-state index in [9.17, 15) is 4.39 Å². The maximum Gasteiger partial charge on any atom is 0.142 e. The summed E-state index contributed by atoms with van der Waals surface area (Å²) in [5, 5.41) is 11.7. The van der Waals surface area contributed by atoms with Gasteiger partial charge in [-0.3, -0.25) is 9.88 Å². The van der Waals surface area contributed by atoms with Crippen molar-refractivity contribution in [3.05, 3.63) is 29.8 Å². The highest BCUT2D eigenvalue weighted by atomic mass is 19.1. The minimum atomic E-state index is -0.306. The molecule has 1 aromatic rings. The Balaban J connectivity index is 1.87. The predicted molar refractivity (Wildman–Crippen MR) is 65.6 cm³/mol. The summed E-state index contributed by atoms with van der Waals surface area (Å²) in [5.74, 6) is 0.151. The number of aromatic nitrogens is 1. The Morgan fingerprint density at radius 3 is 2.83 bits per heavy atom. The smallest absolute Gasteiger partial charge is 0.142 e. The molecular formula is C12H17FN4O. The molecule has 5 nitrogen and oxygen atoms in total. The molecule has 0 spiro atoms. The standard InChI is InChI=1S/C12H17FN4O/c13-11-5-9(6-15-7-11)8-17-3-1-10(2-4-17)12(14)16-18/h5-7,10,18H,1-4,8H2,(H2,14,16). The van der Waals surface area contributed by atoms with Crippen LogP contribution < -0.4 is 5.73 Å². The zero-order chi connectivity index (χ0) is 13.0. The predicted octanol–water partition coefficient (Wildman–Crippen LogP) is 1.18. The highest BCUT2D eigenvalue weighted by Crippen LogP contribution is 2.19. The van der Waals surface area contributed by atoms with Crippen LogP contribution in [0.2, 0.25) is 0 Å². The SMILES string of the molecule is N/C(=N/O)C1CCN(Cc2cncc(F)c2)CC1. The van der Waals surface area contributed by atoms with Crippen LogP contribution in [-0.2, 0) is 6.54 Å². The minimum Gasteiger partial charge on any atom is -0.409 e. The molecule has 3 N–H and O–H groups in total. The Labute approximate surface area is 105 Å². The number of nitrogens with zero attached hydrogens (tertiary/aromatic N) is 3. The molecule has 1 aliphatic heterocycles. The number of likely N-dealkylation sites (tertiary alicyclic amines) is 1. The molecular weight excluding hydrogens is 235 g/mol. The van der Waals surface area contributed by atoms with E-state index in [1.807, 2.05) is 0 Å². The molecule has 98 valence electrons. The quantitative estimate of drug-likeness (QED) is 0.366. The minimum absolute atomic E-state index is 0.150. The lowest BCUT2D eigenvalue weighted by Gasteiger charge is -2.31. The van der Waals surface area contributed by atoms with Crippen molar-refractivity contribution in [3.63, 3.8) is 0 Å². The second kappa shape index (κ2) is 5.77. The number of piperidine rings is 1. The van der Waals surface area contributed by atoms with E-state index in [2.05, 4.69) is 15.0 Å². The fourth-order valence-corrected chi connectivity index (χ4v) is 2.27. The third kappa shape index (κ3) is 3.16. The first kappa shape index (κ1) is 12.8. The highest BCUT2D eigenvalue weighted by molar-refractivity contribution is 5.82. The van der Waals surface area contributed by atoms with Gasteiger partial charge in [0.1, 0.15) is 11.7 Å². The molecule has 1 aliphatic rings. The number of nitrogens with two attached hydrogens (primary N) is 1. The summed E-state index contributed by atoms with van der Waals surface area (Å²) in [6.07, 6.45) is 4.60. The Morgan fingerprint density at radius 1 is 1.50 bits per heavy atom. The normalized spacial score (nSPS) is 19.1. The fraction of sp³-hybridized carbons (Fsp3) is 0.500. The number of hydrogen-bond acceptors (Lipinski definition) is 4. The fourth-order valence-electron chi connectivity index (χ4n) is 2.27. The van der Waals surface area contributed by atoms with Crippen molar-refractivity contribution in [2.24, 2.45) is 16.8 Å². The second-order valence-electron chi connectivity index (χ2n) is 4.59. The first-order valence-electron chi connectivity index (χ1n) is 5.98. The number of rotatable bonds is 3. The van der Waals surface area contributed by atoms with Crippen LogP contribution in [0.4, 0.5) is 4.39 Å². The van der Waals surface area contributed by atoms with E-state index < -0.39 is 0 Å². The van der Waals surface area contributed by atoms with Gasteiger partial charge in [-0.15, -0.1) is 0 Å².